The van der Waals surface area contributed by atoms with E-state index in [4.69, 9.17) is 36.5 Å². The number of hydrogen-bond donors (Lipinski definition) is 1. The number of phenolic OH excluding ortho intramolecular Hbond substituents is 1. The van der Waals surface area contributed by atoms with Gasteiger partial charge in [0.05, 0.1) is 29.1 Å². The monoisotopic (exact) mass is 839 g/mol. The van der Waals surface area contributed by atoms with Gasteiger partial charge in [-0.2, -0.15) is 0 Å². The van der Waals surface area contributed by atoms with Gasteiger partial charge in [-0.15, -0.1) is 0 Å². The lowest BCUT2D eigenvalue weighted by molar-refractivity contribution is 0.446. The summed E-state index contributed by atoms with van der Waals surface area (Å²) in [5.74, 6) is -1.81. The molecule has 0 radical (unpaired) electrons. The van der Waals surface area contributed by atoms with Crippen molar-refractivity contribution in [1.82, 2.24) is 14.5 Å². The second kappa shape index (κ2) is 16.2. The summed E-state index contributed by atoms with van der Waals surface area (Å²) in [5.41, 5.74) is -6.80. The molecule has 1 N–H and O–H groups in total. The molecule has 0 unspecified atom stereocenters. The Hall–Kier alpha value is -6.26. The van der Waals surface area contributed by atoms with Crippen LogP contribution in [0.15, 0.2) is 146 Å². The lowest BCUT2D eigenvalue weighted by Crippen LogP contribution is -2.17. The van der Waals surface area contributed by atoms with Gasteiger partial charge < -0.3 is 5.11 Å². The molecule has 0 bridgehead atoms. The molecule has 0 amide bonds. The van der Waals surface area contributed by atoms with Crippen LogP contribution in [-0.4, -0.2) is 19.6 Å². The largest absolute Gasteiger partial charge is 0.507 e. The number of rotatable bonds is 8. The van der Waals surface area contributed by atoms with Crippen LogP contribution in [0.5, 0.6) is 5.75 Å². The maximum absolute atomic E-state index is 13.0. The van der Waals surface area contributed by atoms with Crippen LogP contribution in [0.2, 0.25) is 0 Å². The highest BCUT2D eigenvalue weighted by molar-refractivity contribution is 5.97. The van der Waals surface area contributed by atoms with Gasteiger partial charge in [-0.3, -0.25) is 9.55 Å². The number of benzene rings is 6. The van der Waals surface area contributed by atoms with E-state index in [-0.39, 0.29) is 39.8 Å². The van der Waals surface area contributed by atoms with Gasteiger partial charge in [0, 0.05) is 53.2 Å². The molecule has 62 heavy (non-hydrogen) atoms. The van der Waals surface area contributed by atoms with Crippen LogP contribution < -0.4 is 0 Å². The molecule has 0 saturated heterocycles. The molecule has 4 nitrogen and oxygen atoms in total. The number of fused-ring (bicyclic) bond motifs is 1. The number of aromatic hydroxyl groups is 1. The zero-order valence-corrected chi connectivity index (χ0v) is 35.0. The zero-order chi connectivity index (χ0) is 63.5. The van der Waals surface area contributed by atoms with Crippen LogP contribution in [0, 0.1) is 5.92 Å². The summed E-state index contributed by atoms with van der Waals surface area (Å²) < 4.78 is 201. The summed E-state index contributed by atoms with van der Waals surface area (Å²) in [6.45, 7) is -14.9. The van der Waals surface area contributed by atoms with E-state index < -0.39 is 116 Å². The Morgan fingerprint density at radius 1 is 0.629 bits per heavy atom. The molecule has 0 atom stereocenters. The first kappa shape index (κ1) is 22.7. The fourth-order valence-electron chi connectivity index (χ4n) is 7.81. The molecule has 6 aromatic carbocycles. The number of imidazole rings is 1. The maximum atomic E-state index is 13.0. The van der Waals surface area contributed by atoms with Crippen LogP contribution in [0.1, 0.15) is 130 Å². The van der Waals surface area contributed by atoms with Crippen molar-refractivity contribution in [3.05, 3.63) is 168 Å². The number of phenols is 1. The Morgan fingerprint density at radius 3 is 2.06 bits per heavy atom. The van der Waals surface area contributed by atoms with E-state index in [2.05, 4.69) is 4.98 Å². The lowest BCUT2D eigenvalue weighted by Gasteiger charge is -2.27. The first-order chi connectivity index (χ1) is 38.9. The fourth-order valence-corrected chi connectivity index (χ4v) is 7.81. The predicted octanol–water partition coefficient (Wildman–Crippen LogP) is 15.6. The third kappa shape index (κ3) is 8.48. The number of aromatic nitrogens is 3. The molecular weight excluding hydrogens is 755 g/mol. The van der Waals surface area contributed by atoms with Crippen molar-refractivity contribution in [1.29, 1.82) is 0 Å². The maximum Gasteiger partial charge on any atom is 0.149 e. The van der Waals surface area contributed by atoms with Gasteiger partial charge in [0.25, 0.3) is 0 Å². The van der Waals surface area contributed by atoms with E-state index >= 15 is 0 Å². The van der Waals surface area contributed by atoms with Crippen LogP contribution in [-0.2, 0) is 22.7 Å². The van der Waals surface area contributed by atoms with Crippen molar-refractivity contribution in [2.75, 3.05) is 0 Å². The number of pyridine rings is 1. The highest BCUT2D eigenvalue weighted by Crippen LogP contribution is 2.45. The second-order valence-electron chi connectivity index (χ2n) is 17.1. The Balaban J connectivity index is 1.58. The van der Waals surface area contributed by atoms with Crippen molar-refractivity contribution in [3.63, 3.8) is 0 Å². The fraction of sp³-hybridized carbons (Fsp3) is 0.276. The molecule has 314 valence electrons. The standard InChI is InChI=1S/C58H61N3O/c1-37(2)29-41-33-46(25-26-47(41)39-21-16-13-17-22-39)61-52-24-18-23-48(53(52)60-55(61)49-35-45(57(6,7)8)36-50(54(49)62)58(9,10)11)42-30-43(32-44(31-42)56(3,4)5)51-34-40(27-28-59-51)38-19-14-12-15-20-38/h12-28,30-37,62H,29H2,1-11H3/i6D3,7D3,8D3,9D3,10D3,11D3,12D,14D,15D,19D,20D. The van der Waals surface area contributed by atoms with Crippen molar-refractivity contribution in [3.8, 4) is 67.5 Å². The van der Waals surface area contributed by atoms with Crippen molar-refractivity contribution >= 4 is 11.0 Å². The highest BCUT2D eigenvalue weighted by atomic mass is 16.3. The highest BCUT2D eigenvalue weighted by Gasteiger charge is 2.29. The molecule has 0 saturated carbocycles. The zero-order valence-electron chi connectivity index (χ0n) is 58.0. The first-order valence-electron chi connectivity index (χ1n) is 31.7. The molecule has 0 spiro atoms. The summed E-state index contributed by atoms with van der Waals surface area (Å²) in [6.07, 6.45) is 1.91. The van der Waals surface area contributed by atoms with E-state index in [1.165, 1.54) is 16.8 Å². The van der Waals surface area contributed by atoms with E-state index in [9.17, 15) is 5.11 Å². The molecule has 8 rings (SSSR count). The molecular formula is C58H61N3O. The smallest absolute Gasteiger partial charge is 0.149 e. The Bertz CT molecular complexity index is 3780. The molecule has 0 aliphatic rings. The summed E-state index contributed by atoms with van der Waals surface area (Å²) in [5, 5.41) is 13.0. The molecule has 2 heterocycles. The SMILES string of the molecule is [2H]c1c([2H])c([2H])c(-c2ccnc(-c3cc(-c4cccc5c4nc(-c4cc(C(C([2H])([2H])[2H])(C([2H])([2H])[2H])C([2H])([2H])[2H])cc(C(C([2H])([2H])[2H])(C([2H])([2H])[2H])C([2H])([2H])[2H])c4O)n5-c4ccc(-c5ccccc5)c(CC(C)C)c4)cc(C(C)(C)C)c3)c2)c([2H])c1[2H]. The summed E-state index contributed by atoms with van der Waals surface area (Å²) in [6, 6.07) is 26.8. The molecule has 0 aliphatic heterocycles. The molecule has 4 heteroatoms. The van der Waals surface area contributed by atoms with Crippen LogP contribution >= 0.6 is 0 Å². The van der Waals surface area contributed by atoms with E-state index in [0.29, 0.717) is 34.9 Å². The van der Waals surface area contributed by atoms with E-state index in [1.54, 1.807) is 36.4 Å². The molecule has 0 fully saturated rings. The van der Waals surface area contributed by atoms with Crippen molar-refractivity contribution in [2.24, 2.45) is 5.92 Å². The minimum atomic E-state index is -4.17. The number of hydrogen-bond acceptors (Lipinski definition) is 3. The minimum absolute atomic E-state index is 0.0451. The average molecular weight is 839 g/mol. The van der Waals surface area contributed by atoms with Gasteiger partial charge in [0.15, 0.2) is 0 Å². The normalized spacial score (nSPS) is 19.0. The Morgan fingerprint density at radius 2 is 1.35 bits per heavy atom. The molecule has 2 aromatic heterocycles. The molecule has 8 aromatic rings. The number of para-hydroxylation sites is 1. The predicted molar refractivity (Wildman–Crippen MR) is 262 cm³/mol. The van der Waals surface area contributed by atoms with E-state index in [1.807, 2.05) is 89.2 Å². The lowest BCUT2D eigenvalue weighted by atomic mass is 9.79. The Kier molecular flexibility index (Phi) is 5.94. The third-order valence-corrected chi connectivity index (χ3v) is 10.9. The summed E-state index contributed by atoms with van der Waals surface area (Å²) in [4.78, 5) is 9.79. The average Bonchev–Trinajstić information content (AvgIpc) is 1.90. The topological polar surface area (TPSA) is 50.9 Å². The molecule has 0 aliphatic carbocycles. The van der Waals surface area contributed by atoms with Crippen LogP contribution in [0.3, 0.4) is 0 Å². The van der Waals surface area contributed by atoms with Gasteiger partial charge in [-0.05, 0) is 122 Å². The van der Waals surface area contributed by atoms with Gasteiger partial charge in [-0.1, -0.05) is 167 Å². The van der Waals surface area contributed by atoms with Crippen molar-refractivity contribution < 1.29 is 36.6 Å². The third-order valence-electron chi connectivity index (χ3n) is 10.9. The van der Waals surface area contributed by atoms with Crippen LogP contribution in [0.25, 0.3) is 72.7 Å². The van der Waals surface area contributed by atoms with Gasteiger partial charge in [0.2, 0.25) is 0 Å². The minimum Gasteiger partial charge on any atom is -0.507 e. The summed E-state index contributed by atoms with van der Waals surface area (Å²) >= 11 is 0. The second-order valence-corrected chi connectivity index (χ2v) is 17.1. The number of nitrogens with zero attached hydrogens (tertiary/aromatic N) is 3. The van der Waals surface area contributed by atoms with Gasteiger partial charge in [-0.25, -0.2) is 4.98 Å². The van der Waals surface area contributed by atoms with Gasteiger partial charge in [0.1, 0.15) is 11.6 Å². The quantitative estimate of drug-likeness (QED) is 0.166. The van der Waals surface area contributed by atoms with E-state index in [0.717, 1.165) is 22.3 Å². The Labute approximate surface area is 401 Å². The van der Waals surface area contributed by atoms with Crippen molar-refractivity contribution in [2.45, 2.75) is 98.4 Å². The first-order valence-corrected chi connectivity index (χ1v) is 20.2. The summed E-state index contributed by atoms with van der Waals surface area (Å²) in [7, 11) is 0. The van der Waals surface area contributed by atoms with Crippen LogP contribution in [0.4, 0.5) is 0 Å². The van der Waals surface area contributed by atoms with Gasteiger partial charge >= 0.3 is 0 Å².